The topological polar surface area (TPSA) is 83.1 Å². The van der Waals surface area contributed by atoms with E-state index in [0.717, 1.165) is 54.8 Å². The SMILES string of the molecule is COC(=O)c1cccc2c(CNC3CCCN(c4cnccn4)C3)c[nH]c12. The molecule has 0 saturated carbocycles. The summed E-state index contributed by atoms with van der Waals surface area (Å²) in [6.45, 7) is 2.66. The zero-order valence-electron chi connectivity index (χ0n) is 15.3. The van der Waals surface area contributed by atoms with Crippen molar-refractivity contribution in [3.05, 3.63) is 54.1 Å². The van der Waals surface area contributed by atoms with Crippen molar-refractivity contribution in [1.82, 2.24) is 20.3 Å². The molecular formula is C20H23N5O2. The summed E-state index contributed by atoms with van der Waals surface area (Å²) in [7, 11) is 1.40. The lowest BCUT2D eigenvalue weighted by atomic mass is 10.0. The van der Waals surface area contributed by atoms with E-state index in [1.54, 1.807) is 18.5 Å². The van der Waals surface area contributed by atoms with Gasteiger partial charge in [-0.2, -0.15) is 0 Å². The van der Waals surface area contributed by atoms with Gasteiger partial charge in [0.2, 0.25) is 0 Å². The summed E-state index contributed by atoms with van der Waals surface area (Å²) < 4.78 is 4.87. The minimum atomic E-state index is -0.325. The summed E-state index contributed by atoms with van der Waals surface area (Å²) in [4.78, 5) is 26.0. The van der Waals surface area contributed by atoms with Crippen LogP contribution in [0.3, 0.4) is 0 Å². The molecule has 2 aromatic heterocycles. The number of esters is 1. The van der Waals surface area contributed by atoms with Gasteiger partial charge in [-0.1, -0.05) is 12.1 Å². The predicted molar refractivity (Wildman–Crippen MR) is 104 cm³/mol. The highest BCUT2D eigenvalue weighted by atomic mass is 16.5. The fourth-order valence-electron chi connectivity index (χ4n) is 3.70. The van der Waals surface area contributed by atoms with Crippen LogP contribution in [0.2, 0.25) is 0 Å². The summed E-state index contributed by atoms with van der Waals surface area (Å²) in [5.74, 6) is 0.604. The summed E-state index contributed by atoms with van der Waals surface area (Å²) in [5.41, 5.74) is 2.53. The van der Waals surface area contributed by atoms with Crippen LogP contribution in [0.1, 0.15) is 28.8 Å². The molecule has 7 nitrogen and oxygen atoms in total. The Balaban J connectivity index is 1.45. The van der Waals surface area contributed by atoms with Crippen molar-refractivity contribution in [1.29, 1.82) is 0 Å². The van der Waals surface area contributed by atoms with E-state index in [1.165, 1.54) is 7.11 Å². The van der Waals surface area contributed by atoms with Crippen LogP contribution < -0.4 is 10.2 Å². The highest BCUT2D eigenvalue weighted by Crippen LogP contribution is 2.23. The second-order valence-electron chi connectivity index (χ2n) is 6.76. The van der Waals surface area contributed by atoms with E-state index < -0.39 is 0 Å². The molecule has 0 bridgehead atoms. The summed E-state index contributed by atoms with van der Waals surface area (Å²) in [6, 6.07) is 6.08. The Kier molecular flexibility index (Phi) is 5.02. The van der Waals surface area contributed by atoms with E-state index in [-0.39, 0.29) is 5.97 Å². The third-order valence-corrected chi connectivity index (χ3v) is 5.08. The molecular weight excluding hydrogens is 342 g/mol. The Labute approximate surface area is 157 Å². The van der Waals surface area contributed by atoms with Gasteiger partial charge in [-0.3, -0.25) is 4.98 Å². The second-order valence-corrected chi connectivity index (χ2v) is 6.76. The van der Waals surface area contributed by atoms with Crippen LogP contribution in [0.15, 0.2) is 43.0 Å². The highest BCUT2D eigenvalue weighted by Gasteiger charge is 2.21. The number of nitrogens with one attached hydrogen (secondary N) is 2. The van der Waals surface area contributed by atoms with Gasteiger partial charge >= 0.3 is 5.97 Å². The van der Waals surface area contributed by atoms with Gasteiger partial charge in [0.15, 0.2) is 0 Å². The molecule has 2 N–H and O–H groups in total. The number of carbonyl (C=O) groups excluding carboxylic acids is 1. The van der Waals surface area contributed by atoms with Gasteiger partial charge in [0.05, 0.1) is 24.4 Å². The number of H-pyrrole nitrogens is 1. The Morgan fingerprint density at radius 1 is 1.41 bits per heavy atom. The monoisotopic (exact) mass is 365 g/mol. The predicted octanol–water partition coefficient (Wildman–Crippen LogP) is 2.50. The molecule has 7 heteroatoms. The zero-order chi connectivity index (χ0) is 18.6. The van der Waals surface area contributed by atoms with Gasteiger partial charge < -0.3 is 19.9 Å². The van der Waals surface area contributed by atoms with Crippen molar-refractivity contribution in [3.8, 4) is 0 Å². The Bertz CT molecular complexity index is 925. The van der Waals surface area contributed by atoms with Crippen LogP contribution in [0.5, 0.6) is 0 Å². The lowest BCUT2D eigenvalue weighted by Crippen LogP contribution is -2.45. The third-order valence-electron chi connectivity index (χ3n) is 5.08. The summed E-state index contributed by atoms with van der Waals surface area (Å²) in [5, 5.41) is 4.70. The molecule has 1 aliphatic rings. The number of rotatable bonds is 5. The van der Waals surface area contributed by atoms with E-state index in [4.69, 9.17) is 4.74 Å². The molecule has 1 aliphatic heterocycles. The largest absolute Gasteiger partial charge is 0.465 e. The zero-order valence-corrected chi connectivity index (χ0v) is 15.3. The van der Waals surface area contributed by atoms with E-state index >= 15 is 0 Å². The quantitative estimate of drug-likeness (QED) is 0.676. The van der Waals surface area contributed by atoms with Crippen LogP contribution in [0.25, 0.3) is 10.9 Å². The Hall–Kier alpha value is -2.93. The maximum Gasteiger partial charge on any atom is 0.339 e. The number of para-hydroxylation sites is 1. The number of fused-ring (bicyclic) bond motifs is 1. The standard InChI is InChI=1S/C20H23N5O2/c1-27-20(26)17-6-2-5-16-14(11-24-19(16)17)10-23-15-4-3-9-25(13-15)18-12-21-7-8-22-18/h2,5-8,11-12,15,23-24H,3-4,9-10,13H2,1H3. The lowest BCUT2D eigenvalue weighted by molar-refractivity contribution is 0.0603. The van der Waals surface area contributed by atoms with E-state index in [1.807, 2.05) is 24.5 Å². The number of piperidine rings is 1. The molecule has 1 fully saturated rings. The molecule has 0 amide bonds. The molecule has 3 heterocycles. The average molecular weight is 365 g/mol. The van der Waals surface area contributed by atoms with E-state index in [0.29, 0.717) is 11.6 Å². The van der Waals surface area contributed by atoms with Crippen LogP contribution in [-0.4, -0.2) is 47.2 Å². The van der Waals surface area contributed by atoms with Crippen LogP contribution in [0, 0.1) is 0 Å². The van der Waals surface area contributed by atoms with Gasteiger partial charge in [0.1, 0.15) is 5.82 Å². The van der Waals surface area contributed by atoms with Crippen molar-refractivity contribution in [2.24, 2.45) is 0 Å². The maximum atomic E-state index is 11.9. The number of methoxy groups -OCH3 is 1. The smallest absolute Gasteiger partial charge is 0.339 e. The molecule has 140 valence electrons. The van der Waals surface area contributed by atoms with Crippen LogP contribution in [-0.2, 0) is 11.3 Å². The minimum absolute atomic E-state index is 0.325. The number of benzene rings is 1. The first-order valence-corrected chi connectivity index (χ1v) is 9.18. The summed E-state index contributed by atoms with van der Waals surface area (Å²) in [6.07, 6.45) is 9.46. The molecule has 4 rings (SSSR count). The molecule has 1 unspecified atom stereocenters. The van der Waals surface area contributed by atoms with Crippen LogP contribution in [0.4, 0.5) is 5.82 Å². The van der Waals surface area contributed by atoms with Gasteiger partial charge in [-0.15, -0.1) is 0 Å². The first kappa shape index (κ1) is 17.5. The third kappa shape index (κ3) is 3.64. The normalized spacial score (nSPS) is 17.2. The number of anilines is 1. The van der Waals surface area contributed by atoms with Gasteiger partial charge in [0.25, 0.3) is 0 Å². The number of hydrogen-bond acceptors (Lipinski definition) is 6. The number of ether oxygens (including phenoxy) is 1. The minimum Gasteiger partial charge on any atom is -0.465 e. The Morgan fingerprint density at radius 3 is 3.15 bits per heavy atom. The first-order valence-electron chi connectivity index (χ1n) is 9.18. The first-order chi connectivity index (χ1) is 13.3. The Morgan fingerprint density at radius 2 is 2.33 bits per heavy atom. The molecule has 1 aromatic carbocycles. The number of nitrogens with zero attached hydrogens (tertiary/aromatic N) is 3. The van der Waals surface area contributed by atoms with E-state index in [9.17, 15) is 4.79 Å². The molecule has 0 aliphatic carbocycles. The molecule has 0 radical (unpaired) electrons. The van der Waals surface area contributed by atoms with Gasteiger partial charge in [-0.25, -0.2) is 9.78 Å². The second kappa shape index (κ2) is 7.75. The van der Waals surface area contributed by atoms with E-state index in [2.05, 4.69) is 25.2 Å². The van der Waals surface area contributed by atoms with Gasteiger partial charge in [-0.05, 0) is 24.5 Å². The number of aromatic amines is 1. The van der Waals surface area contributed by atoms with Crippen molar-refractivity contribution in [2.75, 3.05) is 25.1 Å². The molecule has 27 heavy (non-hydrogen) atoms. The summed E-state index contributed by atoms with van der Waals surface area (Å²) >= 11 is 0. The highest BCUT2D eigenvalue weighted by molar-refractivity contribution is 6.03. The lowest BCUT2D eigenvalue weighted by Gasteiger charge is -2.33. The molecule has 3 aromatic rings. The average Bonchev–Trinajstić information content (AvgIpc) is 3.16. The number of hydrogen-bond donors (Lipinski definition) is 2. The molecule has 1 saturated heterocycles. The van der Waals surface area contributed by atoms with Gasteiger partial charge in [0, 0.05) is 49.7 Å². The van der Waals surface area contributed by atoms with Crippen molar-refractivity contribution >= 4 is 22.7 Å². The van der Waals surface area contributed by atoms with Crippen LogP contribution >= 0.6 is 0 Å². The fraction of sp³-hybridized carbons (Fsp3) is 0.350. The maximum absolute atomic E-state index is 11.9. The molecule has 1 atom stereocenters. The van der Waals surface area contributed by atoms with Crippen molar-refractivity contribution in [2.45, 2.75) is 25.4 Å². The number of aromatic nitrogens is 3. The fourth-order valence-corrected chi connectivity index (χ4v) is 3.70. The molecule has 0 spiro atoms. The van der Waals surface area contributed by atoms with Crippen molar-refractivity contribution in [3.63, 3.8) is 0 Å². The van der Waals surface area contributed by atoms with Crippen molar-refractivity contribution < 1.29 is 9.53 Å². The number of carbonyl (C=O) groups is 1.